The Morgan fingerprint density at radius 2 is 1.76 bits per heavy atom. The molecule has 0 unspecified atom stereocenters. The van der Waals surface area contributed by atoms with E-state index in [0.29, 0.717) is 35.1 Å². The number of thiazole rings is 1. The molecule has 0 aliphatic carbocycles. The van der Waals surface area contributed by atoms with E-state index >= 15 is 0 Å². The molecule has 2 aromatic carbocycles. The third kappa shape index (κ3) is 7.00. The molecule has 0 saturated heterocycles. The van der Waals surface area contributed by atoms with E-state index in [0.717, 1.165) is 18.5 Å². The van der Waals surface area contributed by atoms with E-state index in [1.807, 2.05) is 23.6 Å². The van der Waals surface area contributed by atoms with Crippen LogP contribution in [-0.2, 0) is 17.6 Å². The van der Waals surface area contributed by atoms with Crippen LogP contribution in [-0.4, -0.2) is 23.3 Å². The Balaban J connectivity index is 1.36. The zero-order chi connectivity index (χ0) is 20.5. The molecule has 3 aromatic rings. The second kappa shape index (κ2) is 10.7. The third-order valence-corrected chi connectivity index (χ3v) is 5.35. The standard InChI is InChI=1S/C22H22ClN3O2S/c23-18-10-8-17(9-11-18)21(28)26-22-25-19(15-29-22)12-13-20(27)24-14-4-7-16-5-2-1-3-6-16/h1-3,5-6,8-11,15H,4,7,12-14H2,(H,24,27)(H,25,26,28). The van der Waals surface area contributed by atoms with Gasteiger partial charge in [-0.1, -0.05) is 41.9 Å². The molecule has 0 spiro atoms. The van der Waals surface area contributed by atoms with E-state index < -0.39 is 0 Å². The first kappa shape index (κ1) is 21.0. The van der Waals surface area contributed by atoms with Crippen molar-refractivity contribution < 1.29 is 9.59 Å². The number of benzene rings is 2. The minimum absolute atomic E-state index is 0.0119. The van der Waals surface area contributed by atoms with Crippen molar-refractivity contribution in [2.24, 2.45) is 0 Å². The fourth-order valence-electron chi connectivity index (χ4n) is 2.74. The van der Waals surface area contributed by atoms with Crippen LogP contribution in [0.25, 0.3) is 0 Å². The van der Waals surface area contributed by atoms with E-state index in [1.165, 1.54) is 16.9 Å². The fraction of sp³-hybridized carbons (Fsp3) is 0.227. The Morgan fingerprint density at radius 3 is 2.52 bits per heavy atom. The van der Waals surface area contributed by atoms with Crippen molar-refractivity contribution >= 4 is 39.9 Å². The molecule has 2 amide bonds. The molecule has 0 atom stereocenters. The topological polar surface area (TPSA) is 71.1 Å². The second-order valence-corrected chi connectivity index (χ2v) is 7.84. The highest BCUT2D eigenvalue weighted by Gasteiger charge is 2.10. The molecule has 7 heteroatoms. The second-order valence-electron chi connectivity index (χ2n) is 6.54. The van der Waals surface area contributed by atoms with Gasteiger partial charge in [-0.15, -0.1) is 11.3 Å². The summed E-state index contributed by atoms with van der Waals surface area (Å²) >= 11 is 7.18. The zero-order valence-corrected chi connectivity index (χ0v) is 17.4. The summed E-state index contributed by atoms with van der Waals surface area (Å²) in [5, 5.41) is 8.67. The van der Waals surface area contributed by atoms with Crippen molar-refractivity contribution in [2.75, 3.05) is 11.9 Å². The number of rotatable bonds is 9. The Bertz CT molecular complexity index is 942. The van der Waals surface area contributed by atoms with E-state index in [1.54, 1.807) is 24.3 Å². The number of nitrogens with one attached hydrogen (secondary N) is 2. The van der Waals surface area contributed by atoms with Gasteiger partial charge >= 0.3 is 0 Å². The molecular weight excluding hydrogens is 406 g/mol. The van der Waals surface area contributed by atoms with Crippen LogP contribution in [0.5, 0.6) is 0 Å². The number of aryl methyl sites for hydroxylation is 2. The lowest BCUT2D eigenvalue weighted by Gasteiger charge is -2.05. The van der Waals surface area contributed by atoms with Crippen molar-refractivity contribution in [3.63, 3.8) is 0 Å². The van der Waals surface area contributed by atoms with Gasteiger partial charge < -0.3 is 5.32 Å². The summed E-state index contributed by atoms with van der Waals surface area (Å²) in [5.74, 6) is -0.225. The smallest absolute Gasteiger partial charge is 0.257 e. The summed E-state index contributed by atoms with van der Waals surface area (Å²) in [6, 6.07) is 16.9. The number of anilines is 1. The van der Waals surface area contributed by atoms with Crippen molar-refractivity contribution in [1.82, 2.24) is 10.3 Å². The molecule has 1 heterocycles. The summed E-state index contributed by atoms with van der Waals surface area (Å²) in [6.45, 7) is 0.660. The first-order chi connectivity index (χ1) is 14.1. The minimum atomic E-state index is -0.237. The maximum absolute atomic E-state index is 12.2. The van der Waals surface area contributed by atoms with E-state index in [4.69, 9.17) is 11.6 Å². The van der Waals surface area contributed by atoms with Crippen molar-refractivity contribution in [3.8, 4) is 0 Å². The van der Waals surface area contributed by atoms with Gasteiger partial charge in [-0.25, -0.2) is 4.98 Å². The van der Waals surface area contributed by atoms with Gasteiger partial charge in [-0.3, -0.25) is 14.9 Å². The summed E-state index contributed by atoms with van der Waals surface area (Å²) in [7, 11) is 0. The summed E-state index contributed by atoms with van der Waals surface area (Å²) in [6.07, 6.45) is 2.77. The number of carbonyl (C=O) groups excluding carboxylic acids is 2. The minimum Gasteiger partial charge on any atom is -0.356 e. The van der Waals surface area contributed by atoms with Crippen molar-refractivity contribution in [3.05, 3.63) is 81.8 Å². The molecule has 0 aliphatic rings. The van der Waals surface area contributed by atoms with Gasteiger partial charge in [0.15, 0.2) is 5.13 Å². The van der Waals surface area contributed by atoms with Gasteiger partial charge in [-0.2, -0.15) is 0 Å². The van der Waals surface area contributed by atoms with Gasteiger partial charge in [0.05, 0.1) is 5.69 Å². The highest BCUT2D eigenvalue weighted by molar-refractivity contribution is 7.14. The van der Waals surface area contributed by atoms with Gasteiger partial charge in [0.2, 0.25) is 5.91 Å². The fourth-order valence-corrected chi connectivity index (χ4v) is 3.61. The average Bonchev–Trinajstić information content (AvgIpc) is 3.18. The number of hydrogen-bond donors (Lipinski definition) is 2. The Labute approximate surface area is 179 Å². The molecule has 2 N–H and O–H groups in total. The van der Waals surface area contributed by atoms with Gasteiger partial charge in [-0.05, 0) is 49.1 Å². The average molecular weight is 428 g/mol. The van der Waals surface area contributed by atoms with E-state index in [-0.39, 0.29) is 11.8 Å². The van der Waals surface area contributed by atoms with Crippen LogP contribution >= 0.6 is 22.9 Å². The molecule has 5 nitrogen and oxygen atoms in total. The molecule has 1 aromatic heterocycles. The SMILES string of the molecule is O=C(CCc1csc(NC(=O)c2ccc(Cl)cc2)n1)NCCCc1ccccc1. The number of aromatic nitrogens is 1. The lowest BCUT2D eigenvalue weighted by Crippen LogP contribution is -2.25. The molecule has 3 rings (SSSR count). The van der Waals surface area contributed by atoms with Crippen LogP contribution in [0.4, 0.5) is 5.13 Å². The molecule has 0 saturated carbocycles. The maximum Gasteiger partial charge on any atom is 0.257 e. The third-order valence-electron chi connectivity index (χ3n) is 4.29. The first-order valence-corrected chi connectivity index (χ1v) is 10.7. The van der Waals surface area contributed by atoms with Crippen LogP contribution in [0, 0.1) is 0 Å². The van der Waals surface area contributed by atoms with Crippen LogP contribution in [0.3, 0.4) is 0 Å². The number of carbonyl (C=O) groups is 2. The van der Waals surface area contributed by atoms with E-state index in [2.05, 4.69) is 27.8 Å². The normalized spacial score (nSPS) is 10.5. The quantitative estimate of drug-likeness (QED) is 0.485. The Kier molecular flexibility index (Phi) is 7.78. The predicted molar refractivity (Wildman–Crippen MR) is 118 cm³/mol. The lowest BCUT2D eigenvalue weighted by molar-refractivity contribution is -0.121. The van der Waals surface area contributed by atoms with Crippen molar-refractivity contribution in [1.29, 1.82) is 0 Å². The molecule has 150 valence electrons. The molecule has 0 fully saturated rings. The van der Waals surface area contributed by atoms with Crippen LogP contribution < -0.4 is 10.6 Å². The number of halogens is 1. The predicted octanol–water partition coefficient (Wildman–Crippen LogP) is 4.73. The first-order valence-electron chi connectivity index (χ1n) is 9.42. The Morgan fingerprint density at radius 1 is 1.00 bits per heavy atom. The largest absolute Gasteiger partial charge is 0.356 e. The molecule has 29 heavy (non-hydrogen) atoms. The summed E-state index contributed by atoms with van der Waals surface area (Å²) in [4.78, 5) is 28.6. The van der Waals surface area contributed by atoms with Gasteiger partial charge in [0.25, 0.3) is 5.91 Å². The van der Waals surface area contributed by atoms with Crippen LogP contribution in [0.15, 0.2) is 60.0 Å². The summed E-state index contributed by atoms with van der Waals surface area (Å²) < 4.78 is 0. The monoisotopic (exact) mass is 427 g/mol. The summed E-state index contributed by atoms with van der Waals surface area (Å²) in [5.41, 5.74) is 2.58. The van der Waals surface area contributed by atoms with Crippen LogP contribution in [0.2, 0.25) is 5.02 Å². The lowest BCUT2D eigenvalue weighted by atomic mass is 10.1. The zero-order valence-electron chi connectivity index (χ0n) is 15.9. The highest BCUT2D eigenvalue weighted by atomic mass is 35.5. The highest BCUT2D eigenvalue weighted by Crippen LogP contribution is 2.18. The number of hydrogen-bond acceptors (Lipinski definition) is 4. The number of amides is 2. The molecular formula is C22H22ClN3O2S. The van der Waals surface area contributed by atoms with E-state index in [9.17, 15) is 9.59 Å². The molecule has 0 bridgehead atoms. The molecule has 0 aliphatic heterocycles. The molecule has 0 radical (unpaired) electrons. The maximum atomic E-state index is 12.2. The Hall–Kier alpha value is -2.70. The van der Waals surface area contributed by atoms with Crippen LogP contribution in [0.1, 0.15) is 34.5 Å². The van der Waals surface area contributed by atoms with Crippen molar-refractivity contribution in [2.45, 2.75) is 25.7 Å². The van der Waals surface area contributed by atoms with Gasteiger partial charge in [0, 0.05) is 28.9 Å². The number of nitrogens with zero attached hydrogens (tertiary/aromatic N) is 1. The van der Waals surface area contributed by atoms with Gasteiger partial charge in [0.1, 0.15) is 0 Å².